The first-order valence-corrected chi connectivity index (χ1v) is 4.10. The van der Waals surface area contributed by atoms with Crippen LogP contribution in [0.4, 0.5) is 0 Å². The van der Waals surface area contributed by atoms with Crippen LogP contribution in [0.25, 0.3) is 5.82 Å². The van der Waals surface area contributed by atoms with Crippen molar-refractivity contribution in [2.45, 2.75) is 0 Å². The van der Waals surface area contributed by atoms with Crippen molar-refractivity contribution >= 4 is 12.7 Å². The minimum atomic E-state index is -1.54. The Hall–Kier alpha value is -1.66. The van der Waals surface area contributed by atoms with Crippen LogP contribution in [-0.2, 0) is 0 Å². The van der Waals surface area contributed by atoms with Crippen molar-refractivity contribution in [3.05, 3.63) is 36.7 Å². The number of aromatic nitrogens is 3. The van der Waals surface area contributed by atoms with E-state index in [1.54, 1.807) is 24.4 Å². The molecule has 0 unspecified atom stereocenters. The molecule has 14 heavy (non-hydrogen) atoms. The van der Waals surface area contributed by atoms with Crippen molar-refractivity contribution < 1.29 is 10.0 Å². The van der Waals surface area contributed by atoms with Gasteiger partial charge in [0, 0.05) is 12.4 Å². The summed E-state index contributed by atoms with van der Waals surface area (Å²) in [5.74, 6) is 0.556. The SMILES string of the molecule is OB(O)c1ccnn1-c1ccccn1. The van der Waals surface area contributed by atoms with E-state index in [0.717, 1.165) is 0 Å². The zero-order valence-corrected chi connectivity index (χ0v) is 7.28. The fourth-order valence-corrected chi connectivity index (χ4v) is 1.18. The maximum Gasteiger partial charge on any atom is 0.508 e. The quantitative estimate of drug-likeness (QED) is 0.591. The van der Waals surface area contributed by atoms with Gasteiger partial charge < -0.3 is 10.0 Å². The molecule has 70 valence electrons. The Bertz CT molecular complexity index is 416. The van der Waals surface area contributed by atoms with Crippen LogP contribution in [0.1, 0.15) is 0 Å². The van der Waals surface area contributed by atoms with Crippen LogP contribution < -0.4 is 5.59 Å². The second-order valence-corrected chi connectivity index (χ2v) is 2.73. The molecule has 2 rings (SSSR count). The first-order valence-electron chi connectivity index (χ1n) is 4.10. The highest BCUT2D eigenvalue weighted by molar-refractivity contribution is 6.57. The van der Waals surface area contributed by atoms with Gasteiger partial charge in [-0.25, -0.2) is 9.67 Å². The number of hydrogen-bond donors (Lipinski definition) is 2. The predicted octanol–water partition coefficient (Wildman–Crippen LogP) is -1.05. The van der Waals surface area contributed by atoms with Gasteiger partial charge in [-0.2, -0.15) is 5.10 Å². The molecule has 2 heterocycles. The molecule has 2 N–H and O–H groups in total. The second kappa shape index (κ2) is 3.61. The summed E-state index contributed by atoms with van der Waals surface area (Å²) in [6.45, 7) is 0. The smallest absolute Gasteiger partial charge is 0.422 e. The average Bonchev–Trinajstić information content (AvgIpc) is 2.67. The average molecular weight is 189 g/mol. The molecule has 2 aromatic rings. The standard InChI is InChI=1S/C8H8BN3O2/c13-9(14)7-4-6-11-12(7)8-3-1-2-5-10-8/h1-6,13-14H. The van der Waals surface area contributed by atoms with Gasteiger partial charge in [0.1, 0.15) is 0 Å². The monoisotopic (exact) mass is 189 g/mol. The van der Waals surface area contributed by atoms with Gasteiger partial charge in [-0.1, -0.05) is 6.07 Å². The van der Waals surface area contributed by atoms with Gasteiger partial charge in [0.15, 0.2) is 5.82 Å². The lowest BCUT2D eigenvalue weighted by molar-refractivity contribution is 0.422. The molecule has 0 aliphatic rings. The van der Waals surface area contributed by atoms with Crippen LogP contribution >= 0.6 is 0 Å². The lowest BCUT2D eigenvalue weighted by Crippen LogP contribution is -2.36. The molecule has 0 aromatic carbocycles. The van der Waals surface area contributed by atoms with Crippen molar-refractivity contribution in [1.29, 1.82) is 0 Å². The number of rotatable bonds is 2. The Morgan fingerprint density at radius 3 is 2.64 bits per heavy atom. The highest BCUT2D eigenvalue weighted by Crippen LogP contribution is 1.98. The Kier molecular flexibility index (Phi) is 2.30. The van der Waals surface area contributed by atoms with Gasteiger partial charge in [-0.05, 0) is 18.2 Å². The third-order valence-corrected chi connectivity index (χ3v) is 1.80. The van der Waals surface area contributed by atoms with E-state index in [1.165, 1.54) is 16.9 Å². The summed E-state index contributed by atoms with van der Waals surface area (Å²) in [5, 5.41) is 22.0. The van der Waals surface area contributed by atoms with Crippen LogP contribution in [0, 0.1) is 0 Å². The normalized spacial score (nSPS) is 10.1. The van der Waals surface area contributed by atoms with E-state index in [-0.39, 0.29) is 0 Å². The van der Waals surface area contributed by atoms with Crippen LogP contribution in [-0.4, -0.2) is 31.9 Å². The molecular formula is C8H8BN3O2. The first kappa shape index (κ1) is 8.92. The van der Waals surface area contributed by atoms with Gasteiger partial charge in [0.25, 0.3) is 0 Å². The lowest BCUT2D eigenvalue weighted by atomic mass is 9.86. The molecule has 0 radical (unpaired) electrons. The van der Waals surface area contributed by atoms with E-state index >= 15 is 0 Å². The van der Waals surface area contributed by atoms with Gasteiger partial charge in [-0.3, -0.25) is 0 Å². The van der Waals surface area contributed by atoms with Crippen LogP contribution in [0.2, 0.25) is 0 Å². The third-order valence-electron chi connectivity index (χ3n) is 1.80. The Morgan fingerprint density at radius 1 is 1.14 bits per heavy atom. The third kappa shape index (κ3) is 1.52. The molecule has 6 heteroatoms. The van der Waals surface area contributed by atoms with E-state index in [2.05, 4.69) is 10.1 Å². The highest BCUT2D eigenvalue weighted by Gasteiger charge is 2.17. The summed E-state index contributed by atoms with van der Waals surface area (Å²) >= 11 is 0. The van der Waals surface area contributed by atoms with Gasteiger partial charge in [0.2, 0.25) is 0 Å². The van der Waals surface area contributed by atoms with E-state index in [4.69, 9.17) is 10.0 Å². The molecule has 0 saturated heterocycles. The molecule has 2 aromatic heterocycles. The van der Waals surface area contributed by atoms with Gasteiger partial charge in [0.05, 0.1) is 5.59 Å². The molecule has 0 amide bonds. The van der Waals surface area contributed by atoms with E-state index < -0.39 is 7.12 Å². The Morgan fingerprint density at radius 2 is 2.00 bits per heavy atom. The molecule has 0 bridgehead atoms. The van der Waals surface area contributed by atoms with Crippen molar-refractivity contribution in [1.82, 2.24) is 14.8 Å². The Labute approximate surface area is 80.8 Å². The highest BCUT2D eigenvalue weighted by atomic mass is 16.4. The maximum atomic E-state index is 9.02. The number of hydrogen-bond acceptors (Lipinski definition) is 4. The van der Waals surface area contributed by atoms with Crippen LogP contribution in [0.3, 0.4) is 0 Å². The molecule has 0 spiro atoms. The summed E-state index contributed by atoms with van der Waals surface area (Å²) in [5.41, 5.74) is 0.295. The minimum absolute atomic E-state index is 0.295. The van der Waals surface area contributed by atoms with Crippen LogP contribution in [0.5, 0.6) is 0 Å². The molecule has 0 aliphatic carbocycles. The molecule has 0 fully saturated rings. The minimum Gasteiger partial charge on any atom is -0.422 e. The summed E-state index contributed by atoms with van der Waals surface area (Å²) < 4.78 is 1.38. The predicted molar refractivity (Wildman–Crippen MR) is 51.2 cm³/mol. The molecule has 5 nitrogen and oxygen atoms in total. The van der Waals surface area contributed by atoms with Crippen molar-refractivity contribution in [3.63, 3.8) is 0 Å². The largest absolute Gasteiger partial charge is 0.508 e. The first-order chi connectivity index (χ1) is 6.79. The van der Waals surface area contributed by atoms with Crippen molar-refractivity contribution in [2.75, 3.05) is 0 Å². The maximum absolute atomic E-state index is 9.02. The van der Waals surface area contributed by atoms with Gasteiger partial charge >= 0.3 is 7.12 Å². The number of nitrogens with zero attached hydrogens (tertiary/aromatic N) is 3. The zero-order valence-electron chi connectivity index (χ0n) is 7.28. The summed E-state index contributed by atoms with van der Waals surface area (Å²) in [6.07, 6.45) is 3.11. The van der Waals surface area contributed by atoms with Crippen molar-refractivity contribution in [2.24, 2.45) is 0 Å². The van der Waals surface area contributed by atoms with Crippen LogP contribution in [0.15, 0.2) is 36.7 Å². The lowest BCUT2D eigenvalue weighted by Gasteiger charge is -2.04. The van der Waals surface area contributed by atoms with E-state index in [1.807, 2.05) is 0 Å². The second-order valence-electron chi connectivity index (χ2n) is 2.73. The molecule has 0 aliphatic heterocycles. The van der Waals surface area contributed by atoms with Crippen molar-refractivity contribution in [3.8, 4) is 5.82 Å². The zero-order chi connectivity index (χ0) is 9.97. The molecule has 0 atom stereocenters. The summed E-state index contributed by atoms with van der Waals surface area (Å²) in [6, 6.07) is 6.85. The van der Waals surface area contributed by atoms with Gasteiger partial charge in [-0.15, -0.1) is 0 Å². The topological polar surface area (TPSA) is 71.2 Å². The summed E-state index contributed by atoms with van der Waals surface area (Å²) in [4.78, 5) is 4.04. The summed E-state index contributed by atoms with van der Waals surface area (Å²) in [7, 11) is -1.54. The number of pyridine rings is 1. The van der Waals surface area contributed by atoms with E-state index in [9.17, 15) is 0 Å². The molecule has 0 saturated carbocycles. The fraction of sp³-hybridized carbons (Fsp3) is 0. The van der Waals surface area contributed by atoms with E-state index in [0.29, 0.717) is 11.4 Å². The Balaban J connectivity index is 2.47. The molecular weight excluding hydrogens is 181 g/mol. The fourth-order valence-electron chi connectivity index (χ4n) is 1.18.